The molecule has 0 aliphatic rings. The number of anilines is 1. The van der Waals surface area contributed by atoms with Gasteiger partial charge in [0, 0.05) is 6.42 Å². The fraction of sp³-hybridized carbons (Fsp3) is 0.526. The summed E-state index contributed by atoms with van der Waals surface area (Å²) < 4.78 is 11.5. The summed E-state index contributed by atoms with van der Waals surface area (Å²) in [5.41, 5.74) is 1.04. The number of nitrogens with zero attached hydrogens (tertiary/aromatic N) is 2. The average Bonchev–Trinajstić information content (AvgIpc) is 3.09. The predicted octanol–water partition coefficient (Wildman–Crippen LogP) is 4.25. The largest absolute Gasteiger partial charge is 0.490 e. The summed E-state index contributed by atoms with van der Waals surface area (Å²) in [5.74, 6) is 1.43. The Kier molecular flexibility index (Phi) is 8.34. The van der Waals surface area contributed by atoms with Gasteiger partial charge in [-0.1, -0.05) is 37.7 Å². The van der Waals surface area contributed by atoms with Crippen molar-refractivity contribution in [1.82, 2.24) is 10.2 Å². The summed E-state index contributed by atoms with van der Waals surface area (Å²) >= 11 is 1.41. The van der Waals surface area contributed by atoms with Crippen LogP contribution in [-0.2, 0) is 17.6 Å². The molecule has 1 N–H and O–H groups in total. The van der Waals surface area contributed by atoms with Crippen LogP contribution in [-0.4, -0.2) is 29.3 Å². The quantitative estimate of drug-likeness (QED) is 0.593. The van der Waals surface area contributed by atoms with Crippen LogP contribution < -0.4 is 14.8 Å². The monoisotopic (exact) mass is 377 g/mol. The second-order valence-electron chi connectivity index (χ2n) is 5.82. The highest BCUT2D eigenvalue weighted by Crippen LogP contribution is 2.29. The number of aryl methyl sites for hydroxylation is 2. The van der Waals surface area contributed by atoms with E-state index in [2.05, 4.69) is 22.4 Å². The number of nitrogens with one attached hydrogen (secondary N) is 1. The molecule has 6 nitrogen and oxygen atoms in total. The molecule has 0 bridgehead atoms. The van der Waals surface area contributed by atoms with Gasteiger partial charge < -0.3 is 14.8 Å². The second-order valence-corrected chi connectivity index (χ2v) is 6.88. The van der Waals surface area contributed by atoms with Gasteiger partial charge in [-0.15, -0.1) is 10.2 Å². The minimum absolute atomic E-state index is 0.0648. The number of ether oxygens (including phenoxy) is 2. The van der Waals surface area contributed by atoms with Crippen molar-refractivity contribution in [2.45, 2.75) is 52.9 Å². The topological polar surface area (TPSA) is 73.3 Å². The number of aromatic nitrogens is 2. The standard InChI is InChI=1S/C19H27N3O3S/c1-4-7-12-25-15-10-8-14(13-16(15)24-6-3)9-11-17(23)20-19-22-21-18(5-2)26-19/h8,10,13H,4-7,9,11-12H2,1-3H3,(H,20,22,23). The first-order valence-corrected chi connectivity index (χ1v) is 9.98. The molecule has 142 valence electrons. The summed E-state index contributed by atoms with van der Waals surface area (Å²) in [6.07, 6.45) is 3.92. The molecule has 1 aromatic carbocycles. The third-order valence-corrected chi connectivity index (χ3v) is 4.70. The maximum atomic E-state index is 12.1. The molecule has 7 heteroatoms. The van der Waals surface area contributed by atoms with Crippen molar-refractivity contribution in [2.75, 3.05) is 18.5 Å². The van der Waals surface area contributed by atoms with Gasteiger partial charge in [-0.25, -0.2) is 0 Å². The third-order valence-electron chi connectivity index (χ3n) is 3.72. The zero-order chi connectivity index (χ0) is 18.8. The molecule has 0 unspecified atom stereocenters. The van der Waals surface area contributed by atoms with E-state index >= 15 is 0 Å². The van der Waals surface area contributed by atoms with Crippen LogP contribution in [0.4, 0.5) is 5.13 Å². The van der Waals surface area contributed by atoms with Gasteiger partial charge in [-0.3, -0.25) is 4.79 Å². The van der Waals surface area contributed by atoms with E-state index in [0.29, 0.717) is 31.2 Å². The number of benzene rings is 1. The number of carbonyl (C=O) groups excluding carboxylic acids is 1. The number of hydrogen-bond donors (Lipinski definition) is 1. The van der Waals surface area contributed by atoms with E-state index in [4.69, 9.17) is 9.47 Å². The molecule has 0 spiro atoms. The van der Waals surface area contributed by atoms with Crippen molar-refractivity contribution in [3.8, 4) is 11.5 Å². The van der Waals surface area contributed by atoms with Crippen LogP contribution >= 0.6 is 11.3 Å². The second kappa shape index (κ2) is 10.8. The predicted molar refractivity (Wildman–Crippen MR) is 104 cm³/mol. The molecule has 0 fully saturated rings. The van der Waals surface area contributed by atoms with Gasteiger partial charge in [-0.05, 0) is 43.9 Å². The Morgan fingerprint density at radius 3 is 2.69 bits per heavy atom. The van der Waals surface area contributed by atoms with E-state index < -0.39 is 0 Å². The first-order chi connectivity index (χ1) is 12.7. The first kappa shape index (κ1) is 20.2. The lowest BCUT2D eigenvalue weighted by molar-refractivity contribution is -0.116. The van der Waals surface area contributed by atoms with E-state index in [9.17, 15) is 4.79 Å². The van der Waals surface area contributed by atoms with Gasteiger partial charge in [0.1, 0.15) is 5.01 Å². The number of rotatable bonds is 11. The summed E-state index contributed by atoms with van der Waals surface area (Å²) in [6.45, 7) is 7.34. The molecule has 1 amide bonds. The normalized spacial score (nSPS) is 10.6. The lowest BCUT2D eigenvalue weighted by Crippen LogP contribution is -2.12. The van der Waals surface area contributed by atoms with Crippen LogP contribution in [0.2, 0.25) is 0 Å². The maximum Gasteiger partial charge on any atom is 0.226 e. The van der Waals surface area contributed by atoms with Crippen LogP contribution in [0.25, 0.3) is 0 Å². The molecular formula is C19H27N3O3S. The van der Waals surface area contributed by atoms with E-state index in [1.165, 1.54) is 11.3 Å². The van der Waals surface area contributed by atoms with Crippen molar-refractivity contribution >= 4 is 22.4 Å². The highest BCUT2D eigenvalue weighted by atomic mass is 32.1. The van der Waals surface area contributed by atoms with Gasteiger partial charge in [-0.2, -0.15) is 0 Å². The van der Waals surface area contributed by atoms with Crippen LogP contribution in [0, 0.1) is 0 Å². The Morgan fingerprint density at radius 1 is 1.15 bits per heavy atom. The summed E-state index contributed by atoms with van der Waals surface area (Å²) in [7, 11) is 0. The number of unbranched alkanes of at least 4 members (excludes halogenated alkanes) is 1. The Morgan fingerprint density at radius 2 is 2.00 bits per heavy atom. The Hall–Kier alpha value is -2.15. The van der Waals surface area contributed by atoms with Crippen molar-refractivity contribution < 1.29 is 14.3 Å². The van der Waals surface area contributed by atoms with E-state index in [-0.39, 0.29) is 5.91 Å². The van der Waals surface area contributed by atoms with Crippen LogP contribution in [0.15, 0.2) is 18.2 Å². The first-order valence-electron chi connectivity index (χ1n) is 9.17. The van der Waals surface area contributed by atoms with E-state index in [0.717, 1.165) is 41.3 Å². The molecule has 26 heavy (non-hydrogen) atoms. The zero-order valence-corrected chi connectivity index (χ0v) is 16.5. The maximum absolute atomic E-state index is 12.1. The Bertz CT molecular complexity index is 703. The van der Waals surface area contributed by atoms with Crippen molar-refractivity contribution in [2.24, 2.45) is 0 Å². The lowest BCUT2D eigenvalue weighted by Gasteiger charge is -2.13. The van der Waals surface area contributed by atoms with Gasteiger partial charge in [0.05, 0.1) is 13.2 Å². The summed E-state index contributed by atoms with van der Waals surface area (Å²) in [5, 5.41) is 12.2. The van der Waals surface area contributed by atoms with Gasteiger partial charge in [0.15, 0.2) is 11.5 Å². The SMILES string of the molecule is CCCCOc1ccc(CCC(=O)Nc2nnc(CC)s2)cc1OCC. The van der Waals surface area contributed by atoms with Crippen LogP contribution in [0.1, 0.15) is 50.6 Å². The molecule has 0 atom stereocenters. The lowest BCUT2D eigenvalue weighted by atomic mass is 10.1. The molecule has 0 radical (unpaired) electrons. The van der Waals surface area contributed by atoms with E-state index in [1.807, 2.05) is 32.0 Å². The molecule has 2 aromatic rings. The molecule has 0 aliphatic carbocycles. The molecular weight excluding hydrogens is 350 g/mol. The molecule has 2 rings (SSSR count). The Labute approximate surface area is 158 Å². The molecule has 0 saturated carbocycles. The van der Waals surface area contributed by atoms with E-state index in [1.54, 1.807) is 0 Å². The summed E-state index contributed by atoms with van der Waals surface area (Å²) in [6, 6.07) is 5.86. The minimum Gasteiger partial charge on any atom is -0.490 e. The number of carbonyl (C=O) groups is 1. The minimum atomic E-state index is -0.0648. The average molecular weight is 378 g/mol. The number of hydrogen-bond acceptors (Lipinski definition) is 6. The molecule has 0 aliphatic heterocycles. The van der Waals surface area contributed by atoms with Crippen LogP contribution in [0.3, 0.4) is 0 Å². The number of amides is 1. The fourth-order valence-electron chi connectivity index (χ4n) is 2.31. The highest BCUT2D eigenvalue weighted by molar-refractivity contribution is 7.15. The summed E-state index contributed by atoms with van der Waals surface area (Å²) in [4.78, 5) is 12.1. The fourth-order valence-corrected chi connectivity index (χ4v) is 3.00. The molecule has 0 saturated heterocycles. The third kappa shape index (κ3) is 6.29. The van der Waals surface area contributed by atoms with Crippen LogP contribution in [0.5, 0.6) is 11.5 Å². The zero-order valence-electron chi connectivity index (χ0n) is 15.7. The van der Waals surface area contributed by atoms with Gasteiger partial charge in [0.25, 0.3) is 0 Å². The van der Waals surface area contributed by atoms with Crippen molar-refractivity contribution in [3.05, 3.63) is 28.8 Å². The molecule has 1 heterocycles. The van der Waals surface area contributed by atoms with Gasteiger partial charge in [0.2, 0.25) is 11.0 Å². The highest BCUT2D eigenvalue weighted by Gasteiger charge is 2.10. The van der Waals surface area contributed by atoms with Crippen molar-refractivity contribution in [1.29, 1.82) is 0 Å². The van der Waals surface area contributed by atoms with Crippen molar-refractivity contribution in [3.63, 3.8) is 0 Å². The smallest absolute Gasteiger partial charge is 0.226 e. The Balaban J connectivity index is 1.91. The van der Waals surface area contributed by atoms with Gasteiger partial charge >= 0.3 is 0 Å². The molecule has 1 aromatic heterocycles.